The molecule has 0 unspecified atom stereocenters. The number of benzene rings is 1. The van der Waals surface area contributed by atoms with E-state index >= 15 is 0 Å². The van der Waals surface area contributed by atoms with Crippen LogP contribution in [0, 0.1) is 5.82 Å². The van der Waals surface area contributed by atoms with Crippen molar-refractivity contribution in [1.82, 2.24) is 20.1 Å². The van der Waals surface area contributed by atoms with Gasteiger partial charge in [-0.05, 0) is 30.3 Å². The fourth-order valence-electron chi connectivity index (χ4n) is 2.23. The summed E-state index contributed by atoms with van der Waals surface area (Å²) in [5, 5.41) is 6.68. The number of alkyl halides is 3. The van der Waals surface area contributed by atoms with E-state index in [0.717, 1.165) is 5.51 Å². The van der Waals surface area contributed by atoms with Crippen molar-refractivity contribution in [1.29, 1.82) is 0 Å². The predicted octanol–water partition coefficient (Wildman–Crippen LogP) is 3.46. The molecule has 0 saturated heterocycles. The summed E-state index contributed by atoms with van der Waals surface area (Å²) in [5.41, 5.74) is 1.66. The van der Waals surface area contributed by atoms with Crippen molar-refractivity contribution in [3.05, 3.63) is 64.1 Å². The number of carbonyl (C=O) groups excluding carboxylic acids is 1. The molecule has 0 bridgehead atoms. The number of nitrogens with zero attached hydrogens (tertiary/aromatic N) is 3. The van der Waals surface area contributed by atoms with E-state index in [0.29, 0.717) is 29.1 Å². The van der Waals surface area contributed by atoms with Crippen LogP contribution in [0.5, 0.6) is 0 Å². The van der Waals surface area contributed by atoms with E-state index in [2.05, 4.69) is 15.4 Å². The van der Waals surface area contributed by atoms with Crippen molar-refractivity contribution in [2.45, 2.75) is 12.6 Å². The van der Waals surface area contributed by atoms with Crippen molar-refractivity contribution in [3.8, 4) is 5.69 Å². The first-order valence-electron chi connectivity index (χ1n) is 7.44. The summed E-state index contributed by atoms with van der Waals surface area (Å²) in [5.74, 6) is -1.24. The predicted molar refractivity (Wildman–Crippen MR) is 86.7 cm³/mol. The number of hydrogen-bond acceptors (Lipinski definition) is 4. The van der Waals surface area contributed by atoms with Gasteiger partial charge >= 0.3 is 6.18 Å². The Morgan fingerprint density at radius 2 is 1.92 bits per heavy atom. The zero-order chi connectivity index (χ0) is 18.7. The van der Waals surface area contributed by atoms with Crippen molar-refractivity contribution in [3.63, 3.8) is 0 Å². The molecular weight excluding hydrogens is 372 g/mol. The molecule has 2 heterocycles. The molecule has 1 amide bonds. The Kier molecular flexibility index (Phi) is 5.03. The lowest BCUT2D eigenvalue weighted by Gasteiger charge is -2.07. The van der Waals surface area contributed by atoms with Gasteiger partial charge in [0.15, 0.2) is 5.69 Å². The first kappa shape index (κ1) is 18.1. The summed E-state index contributed by atoms with van der Waals surface area (Å²) in [6.45, 7) is 0.105. The smallest absolute Gasteiger partial charge is 0.350 e. The third-order valence-electron chi connectivity index (χ3n) is 3.44. The molecule has 0 aliphatic carbocycles. The van der Waals surface area contributed by atoms with E-state index in [1.165, 1.54) is 12.1 Å². The number of rotatable bonds is 5. The first-order chi connectivity index (χ1) is 12.3. The normalized spacial score (nSPS) is 11.5. The average Bonchev–Trinajstić information content (AvgIpc) is 3.24. The Morgan fingerprint density at radius 3 is 2.62 bits per heavy atom. The third-order valence-corrected chi connectivity index (χ3v) is 4.31. The highest BCUT2D eigenvalue weighted by atomic mass is 32.1. The van der Waals surface area contributed by atoms with Gasteiger partial charge in [-0.15, -0.1) is 11.3 Å². The molecule has 0 aliphatic rings. The minimum Gasteiger partial charge on any atom is -0.350 e. The number of hydrogen-bond donors (Lipinski definition) is 1. The Balaban J connectivity index is 1.58. The maximum Gasteiger partial charge on any atom is 0.427 e. The van der Waals surface area contributed by atoms with E-state index in [1.54, 1.807) is 29.1 Å². The van der Waals surface area contributed by atoms with Crippen molar-refractivity contribution < 1.29 is 22.4 Å². The fraction of sp³-hybridized carbons (Fsp3) is 0.188. The second kappa shape index (κ2) is 7.24. The topological polar surface area (TPSA) is 59.8 Å². The van der Waals surface area contributed by atoms with E-state index < -0.39 is 22.7 Å². The van der Waals surface area contributed by atoms with Gasteiger partial charge in [-0.2, -0.15) is 18.3 Å². The fourth-order valence-corrected chi connectivity index (χ4v) is 2.88. The standard InChI is InChI=1S/C16H12F4N4OS/c17-10-1-3-12(4-2-10)24-8-6-11(23-24)5-7-21-15(25)13-14(16(18,19)20)26-9-22-13/h1-4,6,8-9H,5,7H2,(H,21,25). The molecule has 3 rings (SSSR count). The Morgan fingerprint density at radius 1 is 1.19 bits per heavy atom. The average molecular weight is 384 g/mol. The Bertz CT molecular complexity index is 902. The molecule has 2 aromatic heterocycles. The molecule has 0 spiro atoms. The van der Waals surface area contributed by atoms with Crippen LogP contribution in [0.4, 0.5) is 17.6 Å². The van der Waals surface area contributed by atoms with Gasteiger partial charge in [0.1, 0.15) is 10.7 Å². The highest BCUT2D eigenvalue weighted by Gasteiger charge is 2.37. The minimum atomic E-state index is -4.61. The molecule has 1 aromatic carbocycles. The quantitative estimate of drug-likeness (QED) is 0.686. The largest absolute Gasteiger partial charge is 0.427 e. The molecule has 1 N–H and O–H groups in total. The molecule has 26 heavy (non-hydrogen) atoms. The Labute approximate surface area is 149 Å². The van der Waals surface area contributed by atoms with E-state index in [4.69, 9.17) is 0 Å². The number of carbonyl (C=O) groups is 1. The van der Waals surface area contributed by atoms with Gasteiger partial charge in [0, 0.05) is 19.2 Å². The van der Waals surface area contributed by atoms with Crippen LogP contribution in [-0.4, -0.2) is 27.2 Å². The molecule has 10 heteroatoms. The summed E-state index contributed by atoms with van der Waals surface area (Å²) in [4.78, 5) is 14.4. The maximum absolute atomic E-state index is 12.9. The van der Waals surface area contributed by atoms with E-state index in [1.807, 2.05) is 0 Å². The number of nitrogens with one attached hydrogen (secondary N) is 1. The lowest BCUT2D eigenvalue weighted by Crippen LogP contribution is -2.28. The van der Waals surface area contributed by atoms with Gasteiger partial charge in [0.05, 0.1) is 16.9 Å². The molecule has 0 fully saturated rings. The molecule has 5 nitrogen and oxygen atoms in total. The van der Waals surface area contributed by atoms with Crippen molar-refractivity contribution >= 4 is 17.2 Å². The molecule has 0 atom stereocenters. The highest BCUT2D eigenvalue weighted by molar-refractivity contribution is 7.10. The third kappa shape index (κ3) is 4.07. The number of aromatic nitrogens is 3. The van der Waals surface area contributed by atoms with Gasteiger partial charge in [-0.1, -0.05) is 0 Å². The van der Waals surface area contributed by atoms with Gasteiger partial charge in [0.25, 0.3) is 5.91 Å². The molecule has 0 radical (unpaired) electrons. The van der Waals surface area contributed by atoms with Crippen LogP contribution in [-0.2, 0) is 12.6 Å². The zero-order valence-corrected chi connectivity index (χ0v) is 13.9. The van der Waals surface area contributed by atoms with Crippen molar-refractivity contribution in [2.75, 3.05) is 6.54 Å². The monoisotopic (exact) mass is 384 g/mol. The van der Waals surface area contributed by atoms with Crippen LogP contribution in [0.2, 0.25) is 0 Å². The summed E-state index contributed by atoms with van der Waals surface area (Å²) >= 11 is 0.377. The van der Waals surface area contributed by atoms with Crippen molar-refractivity contribution in [2.24, 2.45) is 0 Å². The number of halogens is 4. The Hall–Kier alpha value is -2.75. The van der Waals surface area contributed by atoms with Crippen LogP contribution in [0.25, 0.3) is 5.69 Å². The molecular formula is C16H12F4N4OS. The van der Waals surface area contributed by atoms with Gasteiger partial charge in [-0.3, -0.25) is 4.79 Å². The molecule has 3 aromatic rings. The maximum atomic E-state index is 12.9. The van der Waals surface area contributed by atoms with Crippen LogP contribution in [0.1, 0.15) is 21.1 Å². The molecule has 0 saturated carbocycles. The zero-order valence-electron chi connectivity index (χ0n) is 13.1. The minimum absolute atomic E-state index is 0.105. The highest BCUT2D eigenvalue weighted by Crippen LogP contribution is 2.34. The van der Waals surface area contributed by atoms with Gasteiger partial charge in [0.2, 0.25) is 0 Å². The lowest BCUT2D eigenvalue weighted by molar-refractivity contribution is -0.134. The molecule has 0 aliphatic heterocycles. The van der Waals surface area contributed by atoms with Crippen LogP contribution < -0.4 is 5.32 Å². The number of thiazole rings is 1. The summed E-state index contributed by atoms with van der Waals surface area (Å²) in [6.07, 6.45) is -2.61. The lowest BCUT2D eigenvalue weighted by atomic mass is 10.3. The van der Waals surface area contributed by atoms with E-state index in [-0.39, 0.29) is 12.4 Å². The van der Waals surface area contributed by atoms with Gasteiger partial charge in [-0.25, -0.2) is 14.1 Å². The van der Waals surface area contributed by atoms with Crippen LogP contribution in [0.3, 0.4) is 0 Å². The van der Waals surface area contributed by atoms with Gasteiger partial charge < -0.3 is 5.32 Å². The second-order valence-corrected chi connectivity index (χ2v) is 6.12. The van der Waals surface area contributed by atoms with Crippen LogP contribution >= 0.6 is 11.3 Å². The summed E-state index contributed by atoms with van der Waals surface area (Å²) in [7, 11) is 0. The first-order valence-corrected chi connectivity index (χ1v) is 8.32. The SMILES string of the molecule is O=C(NCCc1ccn(-c2ccc(F)cc2)n1)c1ncsc1C(F)(F)F. The summed E-state index contributed by atoms with van der Waals surface area (Å²) in [6, 6.07) is 7.45. The summed E-state index contributed by atoms with van der Waals surface area (Å²) < 4.78 is 52.8. The number of amides is 1. The van der Waals surface area contributed by atoms with E-state index in [9.17, 15) is 22.4 Å². The van der Waals surface area contributed by atoms with Crippen LogP contribution in [0.15, 0.2) is 42.0 Å². The second-order valence-electron chi connectivity index (χ2n) is 5.26. The molecule has 136 valence electrons.